The molecule has 32 heavy (non-hydrogen) atoms. The second-order valence-corrected chi connectivity index (χ2v) is 7.40. The third kappa shape index (κ3) is 5.15. The van der Waals surface area contributed by atoms with E-state index in [0.717, 1.165) is 0 Å². The van der Waals surface area contributed by atoms with E-state index in [0.29, 0.717) is 11.3 Å². The maximum absolute atomic E-state index is 12.8. The number of hydrogen-bond donors (Lipinski definition) is 2. The quantitative estimate of drug-likeness (QED) is 0.582. The molecule has 2 aromatic rings. The average molecular weight is 479 g/mol. The van der Waals surface area contributed by atoms with Crippen LogP contribution in [0.2, 0.25) is 10.0 Å². The van der Waals surface area contributed by atoms with Crippen LogP contribution in [0.15, 0.2) is 53.7 Å². The van der Waals surface area contributed by atoms with Crippen molar-refractivity contribution in [2.75, 3.05) is 20.3 Å². The van der Waals surface area contributed by atoms with Crippen LogP contribution in [0.5, 0.6) is 5.75 Å². The van der Waals surface area contributed by atoms with Crippen molar-refractivity contribution < 1.29 is 28.6 Å². The first-order chi connectivity index (χ1) is 15.3. The minimum atomic E-state index is -0.827. The number of halogens is 2. The topological polar surface area (TPSA) is 103 Å². The highest BCUT2D eigenvalue weighted by molar-refractivity contribution is 6.39. The van der Waals surface area contributed by atoms with Gasteiger partial charge in [0.15, 0.2) is 0 Å². The van der Waals surface area contributed by atoms with Crippen molar-refractivity contribution in [3.63, 3.8) is 0 Å². The van der Waals surface area contributed by atoms with Crippen molar-refractivity contribution in [1.82, 2.24) is 10.6 Å². The summed E-state index contributed by atoms with van der Waals surface area (Å²) in [7, 11) is 1.53. The first kappa shape index (κ1) is 23.4. The van der Waals surface area contributed by atoms with E-state index in [1.54, 1.807) is 37.3 Å². The summed E-state index contributed by atoms with van der Waals surface area (Å²) in [6.45, 7) is 1.37. The van der Waals surface area contributed by atoms with Gasteiger partial charge in [-0.2, -0.15) is 0 Å². The Balaban J connectivity index is 1.95. The second-order valence-electron chi connectivity index (χ2n) is 6.59. The zero-order valence-electron chi connectivity index (χ0n) is 17.2. The first-order valence-corrected chi connectivity index (χ1v) is 10.3. The minimum absolute atomic E-state index is 0.0129. The first-order valence-electron chi connectivity index (χ1n) is 9.58. The predicted octanol–water partition coefficient (Wildman–Crippen LogP) is 4.03. The van der Waals surface area contributed by atoms with Gasteiger partial charge in [0.25, 0.3) is 0 Å². The molecule has 0 aliphatic carbocycles. The zero-order valence-corrected chi connectivity index (χ0v) is 18.8. The number of rotatable bonds is 7. The third-order valence-electron chi connectivity index (χ3n) is 4.61. The summed E-state index contributed by atoms with van der Waals surface area (Å²) in [5.41, 5.74) is 0.793. The molecular formula is C22H20Cl2N2O6. The highest BCUT2D eigenvalue weighted by atomic mass is 35.5. The smallest absolute Gasteiger partial charge is 0.341 e. The molecule has 0 saturated heterocycles. The monoisotopic (exact) mass is 478 g/mol. The maximum Gasteiger partial charge on any atom is 0.341 e. The van der Waals surface area contributed by atoms with E-state index < -0.39 is 30.6 Å². The fourth-order valence-corrected chi connectivity index (χ4v) is 3.68. The van der Waals surface area contributed by atoms with Crippen LogP contribution in [-0.4, -0.2) is 38.3 Å². The van der Waals surface area contributed by atoms with Gasteiger partial charge >= 0.3 is 18.0 Å². The lowest BCUT2D eigenvalue weighted by Crippen LogP contribution is -2.47. The highest BCUT2D eigenvalue weighted by Gasteiger charge is 2.34. The molecule has 0 saturated carbocycles. The van der Waals surface area contributed by atoms with Crippen LogP contribution < -0.4 is 15.4 Å². The summed E-state index contributed by atoms with van der Waals surface area (Å²) < 4.78 is 15.7. The summed E-state index contributed by atoms with van der Waals surface area (Å²) in [6, 6.07) is 10.0. The lowest BCUT2D eigenvalue weighted by atomic mass is 9.95. The molecule has 0 radical (unpaired) electrons. The van der Waals surface area contributed by atoms with Crippen LogP contribution in [0.3, 0.4) is 0 Å². The molecule has 0 bridgehead atoms. The van der Waals surface area contributed by atoms with Crippen molar-refractivity contribution >= 4 is 41.2 Å². The average Bonchev–Trinajstić information content (AvgIpc) is 2.77. The maximum atomic E-state index is 12.8. The van der Waals surface area contributed by atoms with Crippen LogP contribution in [0.4, 0.5) is 4.79 Å². The van der Waals surface area contributed by atoms with Gasteiger partial charge in [0.1, 0.15) is 12.4 Å². The number of carbonyl (C=O) groups excluding carboxylic acids is 3. The number of methoxy groups -OCH3 is 1. The van der Waals surface area contributed by atoms with Gasteiger partial charge in [0.2, 0.25) is 0 Å². The van der Waals surface area contributed by atoms with Crippen molar-refractivity contribution in [2.45, 2.75) is 13.0 Å². The number of amides is 2. The molecule has 1 atom stereocenters. The van der Waals surface area contributed by atoms with Crippen molar-refractivity contribution in [2.24, 2.45) is 0 Å². The Morgan fingerprint density at radius 1 is 1.00 bits per heavy atom. The largest absolute Gasteiger partial charge is 0.497 e. The number of urea groups is 1. The molecule has 0 fully saturated rings. The van der Waals surface area contributed by atoms with Gasteiger partial charge in [-0.3, -0.25) is 0 Å². The van der Waals surface area contributed by atoms with E-state index in [1.165, 1.54) is 19.2 Å². The van der Waals surface area contributed by atoms with E-state index in [9.17, 15) is 14.4 Å². The Kier molecular flexibility index (Phi) is 7.61. The third-order valence-corrected chi connectivity index (χ3v) is 5.24. The van der Waals surface area contributed by atoms with Gasteiger partial charge in [-0.05, 0) is 36.8 Å². The second kappa shape index (κ2) is 10.4. The van der Waals surface area contributed by atoms with Crippen molar-refractivity contribution in [3.05, 3.63) is 74.9 Å². The van der Waals surface area contributed by atoms with Gasteiger partial charge in [-0.1, -0.05) is 41.4 Å². The van der Waals surface area contributed by atoms with Gasteiger partial charge in [0.05, 0.1) is 46.6 Å². The van der Waals surface area contributed by atoms with Crippen LogP contribution in [0.1, 0.15) is 28.9 Å². The van der Waals surface area contributed by atoms with E-state index in [4.69, 9.17) is 37.4 Å². The number of ether oxygens (including phenoxy) is 3. The SMILES string of the molecule is CCOC(=O)C1=C(COC(=O)c2c(Cl)cccc2Cl)NC(=O)NC1c1ccc(OC)cc1. The normalized spacial score (nSPS) is 15.5. The molecule has 3 rings (SSSR count). The zero-order chi connectivity index (χ0) is 23.3. The molecule has 0 spiro atoms. The molecule has 2 amide bonds. The molecule has 1 aliphatic heterocycles. The van der Waals surface area contributed by atoms with Crippen molar-refractivity contribution in [3.8, 4) is 5.75 Å². The molecule has 1 heterocycles. The molecule has 10 heteroatoms. The van der Waals surface area contributed by atoms with Gasteiger partial charge in [0, 0.05) is 0 Å². The number of benzene rings is 2. The Hall–Kier alpha value is -3.23. The Morgan fingerprint density at radius 3 is 2.25 bits per heavy atom. The summed E-state index contributed by atoms with van der Waals surface area (Å²) in [5, 5.41) is 5.46. The Labute approximate surface area is 194 Å². The molecule has 2 aromatic carbocycles. The van der Waals surface area contributed by atoms with E-state index in [1.807, 2.05) is 0 Å². The van der Waals surface area contributed by atoms with Crippen LogP contribution >= 0.6 is 23.2 Å². The molecule has 0 aromatic heterocycles. The number of carbonyl (C=O) groups is 3. The Morgan fingerprint density at radius 2 is 1.66 bits per heavy atom. The summed E-state index contributed by atoms with van der Waals surface area (Å²) in [6.07, 6.45) is 0. The molecule has 168 valence electrons. The fourth-order valence-electron chi connectivity index (χ4n) is 3.13. The van der Waals surface area contributed by atoms with Crippen molar-refractivity contribution in [1.29, 1.82) is 0 Å². The predicted molar refractivity (Wildman–Crippen MR) is 118 cm³/mol. The molecule has 1 unspecified atom stereocenters. The highest BCUT2D eigenvalue weighted by Crippen LogP contribution is 2.30. The van der Waals surface area contributed by atoms with Gasteiger partial charge in [-0.25, -0.2) is 14.4 Å². The number of nitrogens with one attached hydrogen (secondary N) is 2. The molecule has 2 N–H and O–H groups in total. The molecule has 8 nitrogen and oxygen atoms in total. The standard InChI is InChI=1S/C22H20Cl2N2O6/c1-3-31-21(28)18-16(11-32-20(27)17-14(23)5-4-6-15(17)24)25-22(29)26-19(18)12-7-9-13(30-2)10-8-12/h4-10,19H,3,11H2,1-2H3,(H2,25,26,29). The lowest BCUT2D eigenvalue weighted by molar-refractivity contribution is -0.139. The van der Waals surface area contributed by atoms with Crippen LogP contribution in [0.25, 0.3) is 0 Å². The van der Waals surface area contributed by atoms with E-state index >= 15 is 0 Å². The van der Waals surface area contributed by atoms with E-state index in [2.05, 4.69) is 10.6 Å². The van der Waals surface area contributed by atoms with E-state index in [-0.39, 0.29) is 33.5 Å². The Bertz CT molecular complexity index is 1050. The minimum Gasteiger partial charge on any atom is -0.497 e. The van der Waals surface area contributed by atoms with Gasteiger partial charge < -0.3 is 24.8 Å². The molecular weight excluding hydrogens is 459 g/mol. The van der Waals surface area contributed by atoms with Gasteiger partial charge in [-0.15, -0.1) is 0 Å². The lowest BCUT2D eigenvalue weighted by Gasteiger charge is -2.29. The fraction of sp³-hybridized carbons (Fsp3) is 0.227. The number of esters is 2. The summed E-state index contributed by atoms with van der Waals surface area (Å²) in [4.78, 5) is 37.6. The number of hydrogen-bond acceptors (Lipinski definition) is 6. The van der Waals surface area contributed by atoms with Crippen LogP contribution in [0, 0.1) is 0 Å². The van der Waals surface area contributed by atoms with Crippen LogP contribution in [-0.2, 0) is 14.3 Å². The summed E-state index contributed by atoms with van der Waals surface area (Å²) >= 11 is 12.1. The summed E-state index contributed by atoms with van der Waals surface area (Å²) in [5.74, 6) is -0.853. The molecule has 1 aliphatic rings.